The van der Waals surface area contributed by atoms with E-state index in [-0.39, 0.29) is 23.9 Å². The zero-order valence-corrected chi connectivity index (χ0v) is 10.7. The average molecular weight is 266 g/mol. The molecule has 0 atom stereocenters. The standard InChI is InChI=1S/C14H15NO2.ClH/c15-8-7-10-1-6-14(17)13(9-10)11-2-4-12(16)5-3-11;/h1-6,9,16-17H,7-8,15H2;1H. The zero-order valence-electron chi connectivity index (χ0n) is 9.84. The molecule has 0 aliphatic carbocycles. The van der Waals surface area contributed by atoms with Gasteiger partial charge in [-0.1, -0.05) is 18.2 Å². The van der Waals surface area contributed by atoms with E-state index in [2.05, 4.69) is 0 Å². The zero-order chi connectivity index (χ0) is 12.3. The Hall–Kier alpha value is -1.71. The predicted octanol–water partition coefficient (Wildman–Crippen LogP) is 2.69. The van der Waals surface area contributed by atoms with Gasteiger partial charge in [0.1, 0.15) is 11.5 Å². The van der Waals surface area contributed by atoms with E-state index in [9.17, 15) is 10.2 Å². The molecule has 2 aromatic carbocycles. The monoisotopic (exact) mass is 265 g/mol. The molecule has 0 saturated heterocycles. The normalized spacial score (nSPS) is 9.83. The van der Waals surface area contributed by atoms with Gasteiger partial charge in [-0.25, -0.2) is 0 Å². The number of halogens is 1. The van der Waals surface area contributed by atoms with E-state index in [1.807, 2.05) is 12.1 Å². The van der Waals surface area contributed by atoms with Gasteiger partial charge in [0.2, 0.25) is 0 Å². The topological polar surface area (TPSA) is 66.5 Å². The highest BCUT2D eigenvalue weighted by molar-refractivity contribution is 5.85. The molecule has 3 nitrogen and oxygen atoms in total. The first kappa shape index (κ1) is 14.4. The molecule has 0 radical (unpaired) electrons. The van der Waals surface area contributed by atoms with Crippen molar-refractivity contribution in [2.75, 3.05) is 6.54 Å². The third-order valence-corrected chi connectivity index (χ3v) is 2.67. The van der Waals surface area contributed by atoms with Gasteiger partial charge < -0.3 is 15.9 Å². The molecule has 0 aliphatic heterocycles. The smallest absolute Gasteiger partial charge is 0.123 e. The predicted molar refractivity (Wildman–Crippen MR) is 75.2 cm³/mol. The lowest BCUT2D eigenvalue weighted by molar-refractivity contribution is 0.474. The van der Waals surface area contributed by atoms with Crippen molar-refractivity contribution in [3.05, 3.63) is 48.0 Å². The number of nitrogens with two attached hydrogens (primary N) is 1. The van der Waals surface area contributed by atoms with Gasteiger partial charge in [-0.2, -0.15) is 0 Å². The first-order valence-electron chi connectivity index (χ1n) is 5.52. The van der Waals surface area contributed by atoms with Crippen LogP contribution in [0.4, 0.5) is 0 Å². The number of hydrogen-bond donors (Lipinski definition) is 3. The fourth-order valence-electron chi connectivity index (χ4n) is 1.78. The van der Waals surface area contributed by atoms with Crippen LogP contribution in [0.1, 0.15) is 5.56 Å². The minimum atomic E-state index is 0. The van der Waals surface area contributed by atoms with Crippen molar-refractivity contribution in [1.82, 2.24) is 0 Å². The highest BCUT2D eigenvalue weighted by Crippen LogP contribution is 2.31. The molecule has 4 heteroatoms. The van der Waals surface area contributed by atoms with Crippen molar-refractivity contribution in [2.24, 2.45) is 5.73 Å². The van der Waals surface area contributed by atoms with Gasteiger partial charge in [0, 0.05) is 5.56 Å². The van der Waals surface area contributed by atoms with Crippen LogP contribution in [-0.4, -0.2) is 16.8 Å². The summed E-state index contributed by atoms with van der Waals surface area (Å²) in [5.74, 6) is 0.447. The van der Waals surface area contributed by atoms with E-state index in [1.165, 1.54) is 0 Å². The van der Waals surface area contributed by atoms with Crippen molar-refractivity contribution in [3.8, 4) is 22.6 Å². The van der Waals surface area contributed by atoms with Crippen molar-refractivity contribution < 1.29 is 10.2 Å². The van der Waals surface area contributed by atoms with Crippen molar-refractivity contribution >= 4 is 12.4 Å². The number of benzene rings is 2. The summed E-state index contributed by atoms with van der Waals surface area (Å²) in [6, 6.07) is 12.2. The molecule has 0 amide bonds. The molecule has 2 aromatic rings. The van der Waals surface area contributed by atoms with Gasteiger partial charge in [0.15, 0.2) is 0 Å². The summed E-state index contributed by atoms with van der Waals surface area (Å²) in [5.41, 5.74) is 8.24. The lowest BCUT2D eigenvalue weighted by Crippen LogP contribution is -2.02. The van der Waals surface area contributed by atoms with E-state index in [0.717, 1.165) is 23.1 Å². The van der Waals surface area contributed by atoms with Crippen LogP contribution >= 0.6 is 12.4 Å². The molecule has 0 aliphatic rings. The second-order valence-electron chi connectivity index (χ2n) is 3.94. The largest absolute Gasteiger partial charge is 0.508 e. The van der Waals surface area contributed by atoms with Crippen LogP contribution in [0.15, 0.2) is 42.5 Å². The van der Waals surface area contributed by atoms with E-state index in [0.29, 0.717) is 6.54 Å². The molecule has 0 fully saturated rings. The Balaban J connectivity index is 0.00000162. The highest BCUT2D eigenvalue weighted by atomic mass is 35.5. The van der Waals surface area contributed by atoms with E-state index in [4.69, 9.17) is 5.73 Å². The van der Waals surface area contributed by atoms with Crippen LogP contribution in [0.25, 0.3) is 11.1 Å². The fraction of sp³-hybridized carbons (Fsp3) is 0.143. The lowest BCUT2D eigenvalue weighted by Gasteiger charge is -2.07. The summed E-state index contributed by atoms with van der Waals surface area (Å²) in [4.78, 5) is 0. The Morgan fingerprint density at radius 3 is 2.22 bits per heavy atom. The second kappa shape index (κ2) is 6.28. The van der Waals surface area contributed by atoms with Crippen molar-refractivity contribution in [3.63, 3.8) is 0 Å². The summed E-state index contributed by atoms with van der Waals surface area (Å²) in [5, 5.41) is 19.1. The van der Waals surface area contributed by atoms with Crippen LogP contribution in [0.3, 0.4) is 0 Å². The van der Waals surface area contributed by atoms with Gasteiger partial charge in [0.25, 0.3) is 0 Å². The molecule has 4 N–H and O–H groups in total. The third kappa shape index (κ3) is 3.15. The van der Waals surface area contributed by atoms with Crippen LogP contribution < -0.4 is 5.73 Å². The van der Waals surface area contributed by atoms with Gasteiger partial charge in [-0.15, -0.1) is 12.4 Å². The van der Waals surface area contributed by atoms with Crippen LogP contribution in [0.2, 0.25) is 0 Å². The molecule has 0 aromatic heterocycles. The van der Waals surface area contributed by atoms with E-state index >= 15 is 0 Å². The molecular weight excluding hydrogens is 250 g/mol. The summed E-state index contributed by atoms with van der Waals surface area (Å²) in [6.45, 7) is 0.583. The highest BCUT2D eigenvalue weighted by Gasteiger charge is 2.05. The number of aromatic hydroxyl groups is 2. The number of rotatable bonds is 3. The van der Waals surface area contributed by atoms with E-state index in [1.54, 1.807) is 30.3 Å². The first-order chi connectivity index (χ1) is 8.20. The molecule has 0 heterocycles. The Bertz CT molecular complexity index is 512. The summed E-state index contributed by atoms with van der Waals surface area (Å²) < 4.78 is 0. The fourth-order valence-corrected chi connectivity index (χ4v) is 1.78. The van der Waals surface area contributed by atoms with E-state index < -0.39 is 0 Å². The molecule has 0 saturated carbocycles. The number of phenols is 2. The maximum absolute atomic E-state index is 9.83. The second-order valence-corrected chi connectivity index (χ2v) is 3.94. The van der Waals surface area contributed by atoms with Crippen LogP contribution in [0, 0.1) is 0 Å². The minimum absolute atomic E-state index is 0. The number of phenolic OH excluding ortho intramolecular Hbond substituents is 2. The van der Waals surface area contributed by atoms with Gasteiger partial charge in [-0.3, -0.25) is 0 Å². The third-order valence-electron chi connectivity index (χ3n) is 2.67. The van der Waals surface area contributed by atoms with Gasteiger partial charge in [-0.05, 0) is 48.4 Å². The number of hydrogen-bond acceptors (Lipinski definition) is 3. The molecule has 96 valence electrons. The molecular formula is C14H16ClNO2. The molecule has 18 heavy (non-hydrogen) atoms. The average Bonchev–Trinajstić information content (AvgIpc) is 2.33. The Labute approximate surface area is 112 Å². The maximum Gasteiger partial charge on any atom is 0.123 e. The van der Waals surface area contributed by atoms with Crippen molar-refractivity contribution in [2.45, 2.75) is 6.42 Å². The van der Waals surface area contributed by atoms with Gasteiger partial charge in [0.05, 0.1) is 0 Å². The first-order valence-corrected chi connectivity index (χ1v) is 5.52. The Morgan fingerprint density at radius 2 is 1.61 bits per heavy atom. The summed E-state index contributed by atoms with van der Waals surface area (Å²) >= 11 is 0. The molecule has 2 rings (SSSR count). The molecule has 0 unspecified atom stereocenters. The van der Waals surface area contributed by atoms with Crippen LogP contribution in [-0.2, 0) is 6.42 Å². The summed E-state index contributed by atoms with van der Waals surface area (Å²) in [6.07, 6.45) is 0.783. The van der Waals surface area contributed by atoms with Crippen molar-refractivity contribution in [1.29, 1.82) is 0 Å². The summed E-state index contributed by atoms with van der Waals surface area (Å²) in [7, 11) is 0. The SMILES string of the molecule is Cl.NCCc1ccc(O)c(-c2ccc(O)cc2)c1. The maximum atomic E-state index is 9.83. The Kier molecular flexibility index (Phi) is 5.01. The molecule has 0 bridgehead atoms. The van der Waals surface area contributed by atoms with Crippen LogP contribution in [0.5, 0.6) is 11.5 Å². The quantitative estimate of drug-likeness (QED) is 0.799. The van der Waals surface area contributed by atoms with Gasteiger partial charge >= 0.3 is 0 Å². The molecule has 0 spiro atoms. The minimum Gasteiger partial charge on any atom is -0.508 e. The lowest BCUT2D eigenvalue weighted by atomic mass is 10.0. The Morgan fingerprint density at radius 1 is 0.944 bits per heavy atom.